The van der Waals surface area contributed by atoms with Crippen molar-refractivity contribution in [2.24, 2.45) is 5.73 Å². The van der Waals surface area contributed by atoms with Crippen molar-refractivity contribution in [2.45, 2.75) is 25.8 Å². The molecular weight excluding hydrogens is 288 g/mol. The van der Waals surface area contributed by atoms with Crippen LogP contribution in [0.15, 0.2) is 12.1 Å². The first-order valence-electron chi connectivity index (χ1n) is 6.00. The Hall–Kier alpha value is -2.22. The summed E-state index contributed by atoms with van der Waals surface area (Å²) < 4.78 is 32.0. The van der Waals surface area contributed by atoms with Gasteiger partial charge >= 0.3 is 17.9 Å². The van der Waals surface area contributed by atoms with Gasteiger partial charge in [-0.05, 0) is 31.5 Å². The van der Waals surface area contributed by atoms with Gasteiger partial charge in [-0.15, -0.1) is 0 Å². The zero-order valence-corrected chi connectivity index (χ0v) is 11.4. The van der Waals surface area contributed by atoms with Crippen LogP contribution in [0, 0.1) is 6.92 Å². The molecule has 6 nitrogen and oxygen atoms in total. The van der Waals surface area contributed by atoms with Crippen LogP contribution in [0.25, 0.3) is 0 Å². The summed E-state index contributed by atoms with van der Waals surface area (Å²) >= 11 is 0. The second-order valence-corrected chi connectivity index (χ2v) is 4.36. The lowest BCUT2D eigenvalue weighted by Crippen LogP contribution is -2.41. The summed E-state index contributed by atoms with van der Waals surface area (Å²) in [5.74, 6) is -7.89. The highest BCUT2D eigenvalue weighted by Gasteiger charge is 2.48. The quantitative estimate of drug-likeness (QED) is 0.713. The average molecular weight is 303 g/mol. The summed E-state index contributed by atoms with van der Waals surface area (Å²) in [5, 5.41) is 18.7. The number of esters is 1. The monoisotopic (exact) mass is 303 g/mol. The van der Waals surface area contributed by atoms with Crippen molar-refractivity contribution in [2.75, 3.05) is 6.61 Å². The van der Waals surface area contributed by atoms with Crippen LogP contribution in [-0.4, -0.2) is 34.7 Å². The number of aromatic carboxylic acids is 1. The fraction of sp³-hybridized carbons (Fsp3) is 0.385. The Morgan fingerprint density at radius 1 is 1.43 bits per heavy atom. The van der Waals surface area contributed by atoms with Gasteiger partial charge in [0.05, 0.1) is 12.2 Å². The minimum absolute atomic E-state index is 0.0556. The molecule has 0 radical (unpaired) electrons. The van der Waals surface area contributed by atoms with E-state index in [2.05, 4.69) is 4.74 Å². The zero-order chi connectivity index (χ0) is 16.4. The van der Waals surface area contributed by atoms with Gasteiger partial charge in [0, 0.05) is 5.56 Å². The number of phenols is 1. The van der Waals surface area contributed by atoms with Crippen LogP contribution >= 0.6 is 0 Å². The Balaban J connectivity index is 3.32. The number of rotatable bonds is 5. The molecule has 0 spiro atoms. The zero-order valence-electron chi connectivity index (χ0n) is 11.4. The van der Waals surface area contributed by atoms with Gasteiger partial charge in [-0.2, -0.15) is 8.78 Å². The number of ether oxygens (including phenoxy) is 1. The Morgan fingerprint density at radius 2 is 2.00 bits per heavy atom. The SMILES string of the molecule is CCOC(=O)C(F)(F)[C@H](N)c1cc(C(=O)O)cc(C)c1O. The summed E-state index contributed by atoms with van der Waals surface area (Å²) in [7, 11) is 0. The number of nitrogens with two attached hydrogens (primary N) is 1. The topological polar surface area (TPSA) is 110 Å². The van der Waals surface area contributed by atoms with Crippen LogP contribution in [0.4, 0.5) is 8.78 Å². The molecular formula is C13H15F2NO5. The van der Waals surface area contributed by atoms with Crippen LogP contribution in [0.5, 0.6) is 5.75 Å². The van der Waals surface area contributed by atoms with E-state index in [0.29, 0.717) is 0 Å². The highest BCUT2D eigenvalue weighted by atomic mass is 19.3. The van der Waals surface area contributed by atoms with Crippen molar-refractivity contribution in [1.29, 1.82) is 0 Å². The van der Waals surface area contributed by atoms with Gasteiger partial charge in [-0.25, -0.2) is 9.59 Å². The molecule has 1 aromatic carbocycles. The van der Waals surface area contributed by atoms with E-state index in [1.165, 1.54) is 13.8 Å². The summed E-state index contributed by atoms with van der Waals surface area (Å²) in [6.07, 6.45) is 0. The molecule has 0 amide bonds. The second-order valence-electron chi connectivity index (χ2n) is 4.36. The van der Waals surface area contributed by atoms with Crippen LogP contribution in [0.1, 0.15) is 34.5 Å². The van der Waals surface area contributed by atoms with Gasteiger partial charge in [0.1, 0.15) is 11.8 Å². The van der Waals surface area contributed by atoms with E-state index >= 15 is 0 Å². The molecule has 0 bridgehead atoms. The van der Waals surface area contributed by atoms with E-state index < -0.39 is 35.2 Å². The van der Waals surface area contributed by atoms with Crippen molar-refractivity contribution < 1.29 is 33.3 Å². The molecule has 0 saturated heterocycles. The maximum absolute atomic E-state index is 13.9. The minimum Gasteiger partial charge on any atom is -0.507 e. The molecule has 1 aromatic rings. The molecule has 0 aromatic heterocycles. The van der Waals surface area contributed by atoms with E-state index in [1.54, 1.807) is 0 Å². The average Bonchev–Trinajstić information content (AvgIpc) is 2.40. The van der Waals surface area contributed by atoms with E-state index in [4.69, 9.17) is 10.8 Å². The number of carboxylic acid groups (broad SMARTS) is 1. The van der Waals surface area contributed by atoms with Crippen LogP contribution in [0.2, 0.25) is 0 Å². The molecule has 21 heavy (non-hydrogen) atoms. The lowest BCUT2D eigenvalue weighted by molar-refractivity contribution is -0.174. The molecule has 8 heteroatoms. The second kappa shape index (κ2) is 6.04. The number of benzene rings is 1. The predicted molar refractivity (Wildman–Crippen MR) is 68.3 cm³/mol. The van der Waals surface area contributed by atoms with Gasteiger partial charge in [-0.1, -0.05) is 0 Å². The fourth-order valence-corrected chi connectivity index (χ4v) is 1.72. The molecule has 1 atom stereocenters. The van der Waals surface area contributed by atoms with Gasteiger partial charge in [0.25, 0.3) is 0 Å². The Kier molecular flexibility index (Phi) is 4.84. The first-order valence-corrected chi connectivity index (χ1v) is 6.00. The lowest BCUT2D eigenvalue weighted by atomic mass is 9.95. The Bertz CT molecular complexity index is 574. The molecule has 0 unspecified atom stereocenters. The highest BCUT2D eigenvalue weighted by molar-refractivity contribution is 5.89. The number of hydrogen-bond donors (Lipinski definition) is 3. The van der Waals surface area contributed by atoms with Gasteiger partial charge in [0.15, 0.2) is 0 Å². The van der Waals surface area contributed by atoms with E-state index in [-0.39, 0.29) is 17.7 Å². The standard InChI is InChI=1S/C13H15F2NO5/c1-3-21-12(20)13(14,15)10(16)8-5-7(11(18)19)4-6(2)9(8)17/h4-5,10,17H,3,16H2,1-2H3,(H,18,19)/t10-/m1/s1. The van der Waals surface area contributed by atoms with E-state index in [9.17, 15) is 23.5 Å². The number of carbonyl (C=O) groups is 2. The fourth-order valence-electron chi connectivity index (χ4n) is 1.72. The Labute approximate surface area is 119 Å². The first-order chi connectivity index (χ1) is 9.62. The number of aromatic hydroxyl groups is 1. The molecule has 0 aliphatic carbocycles. The number of hydrogen-bond acceptors (Lipinski definition) is 5. The number of alkyl halides is 2. The molecule has 0 saturated carbocycles. The maximum atomic E-state index is 13.9. The summed E-state index contributed by atoms with van der Waals surface area (Å²) in [6, 6.07) is -0.312. The van der Waals surface area contributed by atoms with Crippen LogP contribution in [0.3, 0.4) is 0 Å². The minimum atomic E-state index is -4.10. The Morgan fingerprint density at radius 3 is 2.48 bits per heavy atom. The normalized spacial score (nSPS) is 12.8. The number of halogens is 2. The third-order valence-electron chi connectivity index (χ3n) is 2.85. The third kappa shape index (κ3) is 3.27. The maximum Gasteiger partial charge on any atom is 0.379 e. The predicted octanol–water partition coefficient (Wildman–Crippen LogP) is 1.60. The molecule has 116 valence electrons. The van der Waals surface area contributed by atoms with Gasteiger partial charge in [0.2, 0.25) is 0 Å². The number of aryl methyl sites for hydroxylation is 1. The van der Waals surface area contributed by atoms with Crippen molar-refractivity contribution in [3.63, 3.8) is 0 Å². The van der Waals surface area contributed by atoms with Crippen molar-refractivity contribution in [1.82, 2.24) is 0 Å². The molecule has 0 aliphatic heterocycles. The molecule has 4 N–H and O–H groups in total. The highest BCUT2D eigenvalue weighted by Crippen LogP contribution is 2.37. The molecule has 1 rings (SSSR count). The van der Waals surface area contributed by atoms with Crippen molar-refractivity contribution in [3.05, 3.63) is 28.8 Å². The lowest BCUT2D eigenvalue weighted by Gasteiger charge is -2.23. The summed E-state index contributed by atoms with van der Waals surface area (Å²) in [6.45, 7) is 2.42. The largest absolute Gasteiger partial charge is 0.507 e. The van der Waals surface area contributed by atoms with Crippen LogP contribution < -0.4 is 5.73 Å². The molecule has 0 fully saturated rings. The molecule has 0 heterocycles. The smallest absolute Gasteiger partial charge is 0.379 e. The number of carboxylic acids is 1. The molecule has 0 aliphatic rings. The van der Waals surface area contributed by atoms with Gasteiger partial charge < -0.3 is 20.7 Å². The first kappa shape index (κ1) is 16.8. The van der Waals surface area contributed by atoms with Crippen molar-refractivity contribution in [3.8, 4) is 5.75 Å². The van der Waals surface area contributed by atoms with Crippen molar-refractivity contribution >= 4 is 11.9 Å². The van der Waals surface area contributed by atoms with Gasteiger partial charge in [-0.3, -0.25) is 0 Å². The summed E-state index contributed by atoms with van der Waals surface area (Å²) in [5.41, 5.74) is 4.53. The third-order valence-corrected chi connectivity index (χ3v) is 2.85. The number of phenolic OH excluding ortho intramolecular Hbond substituents is 1. The summed E-state index contributed by atoms with van der Waals surface area (Å²) in [4.78, 5) is 22.2. The van der Waals surface area contributed by atoms with E-state index in [1.807, 2.05) is 0 Å². The number of carbonyl (C=O) groups excluding carboxylic acids is 1. The van der Waals surface area contributed by atoms with Crippen LogP contribution in [-0.2, 0) is 9.53 Å². The van der Waals surface area contributed by atoms with E-state index in [0.717, 1.165) is 12.1 Å².